The van der Waals surface area contributed by atoms with E-state index in [1.165, 1.54) is 12.1 Å². The van der Waals surface area contributed by atoms with Crippen LogP contribution in [-0.4, -0.2) is 65.7 Å². The number of aliphatic hydroxyl groups is 1. The number of nitrogens with zero attached hydrogens (tertiary/aromatic N) is 2. The molecule has 1 amide bonds. The Balaban J connectivity index is 1.01. The standard InChI is InChI=1S/C47H51N5O7S/c1-31-15-21-39(22-16-31)60(56,57)50-41(27-33-9-4-3-5-10-33)45(54)48-37-12-8-11-36(28-37)46-58-43(32(2)44(59-46)35-19-17-34(30-53)18-20-35)29-51-25-23-38(24-26-51)52-42-14-7-6-13-40(42)49-47(52)55/h3-22,28,32,38,41,43-44,46,50,53H,23-27,29-30H2,1-2H3,(H,48,54)(H,49,55)/t32-,41-,43+,44+,46+/m1/s1. The number of sulfonamides is 1. The summed E-state index contributed by atoms with van der Waals surface area (Å²) in [5.41, 5.74) is 6.34. The monoisotopic (exact) mass is 829 g/mol. The van der Waals surface area contributed by atoms with E-state index < -0.39 is 28.3 Å². The van der Waals surface area contributed by atoms with Crippen LogP contribution >= 0.6 is 0 Å². The highest BCUT2D eigenvalue weighted by Gasteiger charge is 2.40. The first-order valence-corrected chi connectivity index (χ1v) is 22.0. The molecule has 0 unspecified atom stereocenters. The van der Waals surface area contributed by atoms with Crippen molar-refractivity contribution < 1.29 is 27.8 Å². The van der Waals surface area contributed by atoms with Crippen LogP contribution in [0.25, 0.3) is 11.0 Å². The molecule has 60 heavy (non-hydrogen) atoms. The van der Waals surface area contributed by atoms with Crippen molar-refractivity contribution in [3.8, 4) is 0 Å². The van der Waals surface area contributed by atoms with Crippen molar-refractivity contribution in [1.29, 1.82) is 0 Å². The number of aryl methyl sites for hydroxylation is 1. The number of piperidine rings is 1. The maximum Gasteiger partial charge on any atom is 0.326 e. The van der Waals surface area contributed by atoms with E-state index >= 15 is 0 Å². The Morgan fingerprint density at radius 2 is 1.57 bits per heavy atom. The third kappa shape index (κ3) is 9.31. The van der Waals surface area contributed by atoms with Crippen molar-refractivity contribution in [2.24, 2.45) is 5.92 Å². The first kappa shape index (κ1) is 41.3. The highest BCUT2D eigenvalue weighted by molar-refractivity contribution is 7.89. The lowest BCUT2D eigenvalue weighted by atomic mass is 9.89. The zero-order chi connectivity index (χ0) is 41.8. The van der Waals surface area contributed by atoms with Crippen LogP contribution in [0.4, 0.5) is 5.69 Å². The van der Waals surface area contributed by atoms with Gasteiger partial charge in [-0.05, 0) is 79.3 Å². The van der Waals surface area contributed by atoms with Gasteiger partial charge in [0, 0.05) is 42.8 Å². The molecule has 0 aliphatic carbocycles. The fourth-order valence-electron chi connectivity index (χ4n) is 8.38. The van der Waals surface area contributed by atoms with Gasteiger partial charge in [-0.15, -0.1) is 0 Å². The van der Waals surface area contributed by atoms with Crippen LogP contribution in [-0.2, 0) is 37.3 Å². The number of aromatic nitrogens is 2. The zero-order valence-electron chi connectivity index (χ0n) is 33.7. The lowest BCUT2D eigenvalue weighted by Crippen LogP contribution is -2.47. The van der Waals surface area contributed by atoms with Gasteiger partial charge in [0.05, 0.1) is 34.7 Å². The summed E-state index contributed by atoms with van der Waals surface area (Å²) in [4.78, 5) is 32.4. The number of ether oxygens (including phenoxy) is 2. The quantitative estimate of drug-likeness (QED) is 0.0993. The number of carbonyl (C=O) groups excluding carboxylic acids is 1. The molecular weight excluding hydrogens is 779 g/mol. The summed E-state index contributed by atoms with van der Waals surface area (Å²) in [5, 5.41) is 12.7. The first-order valence-electron chi connectivity index (χ1n) is 20.5. The predicted molar refractivity (Wildman–Crippen MR) is 231 cm³/mol. The minimum absolute atomic E-state index is 0.0432. The summed E-state index contributed by atoms with van der Waals surface area (Å²) in [6.07, 6.45) is 0.426. The molecule has 12 nitrogen and oxygen atoms in total. The molecule has 6 aromatic rings. The summed E-state index contributed by atoms with van der Waals surface area (Å²) in [6.45, 7) is 6.19. The van der Waals surface area contributed by atoms with Crippen molar-refractivity contribution in [2.75, 3.05) is 25.0 Å². The van der Waals surface area contributed by atoms with Gasteiger partial charge < -0.3 is 29.8 Å². The van der Waals surface area contributed by atoms with Crippen LogP contribution in [0.5, 0.6) is 0 Å². The Bertz CT molecular complexity index is 2570. The maximum atomic E-state index is 14.0. The van der Waals surface area contributed by atoms with Crippen molar-refractivity contribution >= 4 is 32.7 Å². The number of nitrogens with one attached hydrogen (secondary N) is 3. The van der Waals surface area contributed by atoms with E-state index in [4.69, 9.17) is 9.47 Å². The minimum Gasteiger partial charge on any atom is -0.392 e. The van der Waals surface area contributed by atoms with E-state index in [1.54, 1.807) is 24.3 Å². The number of hydrogen-bond donors (Lipinski definition) is 4. The van der Waals surface area contributed by atoms with Crippen molar-refractivity contribution in [3.63, 3.8) is 0 Å². The number of fused-ring (bicyclic) bond motifs is 1. The topological polar surface area (TPSA) is 155 Å². The Labute approximate surface area is 350 Å². The number of aromatic amines is 1. The van der Waals surface area contributed by atoms with Gasteiger partial charge >= 0.3 is 5.69 Å². The highest BCUT2D eigenvalue weighted by Crippen LogP contribution is 2.42. The number of rotatable bonds is 13. The lowest BCUT2D eigenvalue weighted by Gasteiger charge is -2.44. The second-order valence-corrected chi connectivity index (χ2v) is 17.7. The minimum atomic E-state index is -4.03. The number of H-pyrrole nitrogens is 1. The smallest absolute Gasteiger partial charge is 0.326 e. The van der Waals surface area contributed by atoms with Crippen molar-refractivity contribution in [3.05, 3.63) is 166 Å². The fraction of sp³-hybridized carbons (Fsp3) is 0.319. The van der Waals surface area contributed by atoms with Gasteiger partial charge in [0.15, 0.2) is 6.29 Å². The van der Waals surface area contributed by atoms with Gasteiger partial charge in [-0.1, -0.05) is 103 Å². The van der Waals surface area contributed by atoms with Gasteiger partial charge in [-0.3, -0.25) is 9.36 Å². The molecule has 5 atom stereocenters. The summed E-state index contributed by atoms with van der Waals surface area (Å²) in [7, 11) is -4.03. The SMILES string of the molecule is Cc1ccc(S(=O)(=O)N[C@H](Cc2ccccc2)C(=O)Nc2cccc([C@H]3O[C@@H](CN4CCC(n5c(=O)[nH]c6ccccc65)CC4)[C@@H](C)[C@@H](c4ccc(CO)cc4)O3)c2)cc1. The van der Waals surface area contributed by atoms with Gasteiger partial charge in [0.1, 0.15) is 6.04 Å². The molecule has 2 fully saturated rings. The van der Waals surface area contributed by atoms with Crippen LogP contribution < -0.4 is 15.7 Å². The first-order chi connectivity index (χ1) is 29.0. The average Bonchev–Trinajstić information content (AvgIpc) is 3.60. The number of carbonyl (C=O) groups is 1. The summed E-state index contributed by atoms with van der Waals surface area (Å²) in [6, 6.07) is 37.6. The molecule has 2 aliphatic heterocycles. The van der Waals surface area contributed by atoms with Crippen LogP contribution in [0.1, 0.15) is 66.0 Å². The number of anilines is 1. The number of benzene rings is 5. The molecule has 0 spiro atoms. The molecule has 3 heterocycles. The molecule has 0 radical (unpaired) electrons. The van der Waals surface area contributed by atoms with Gasteiger partial charge in [0.2, 0.25) is 15.9 Å². The van der Waals surface area contributed by atoms with E-state index in [1.807, 2.05) is 102 Å². The van der Waals surface area contributed by atoms with Crippen molar-refractivity contribution in [1.82, 2.24) is 19.2 Å². The third-order valence-electron chi connectivity index (χ3n) is 11.8. The second-order valence-electron chi connectivity index (χ2n) is 16.0. The largest absolute Gasteiger partial charge is 0.392 e. The molecule has 0 saturated carbocycles. The molecule has 312 valence electrons. The molecule has 2 saturated heterocycles. The fourth-order valence-corrected chi connectivity index (χ4v) is 9.58. The molecule has 2 aliphatic rings. The zero-order valence-corrected chi connectivity index (χ0v) is 34.6. The third-order valence-corrected chi connectivity index (χ3v) is 13.2. The summed E-state index contributed by atoms with van der Waals surface area (Å²) < 4.78 is 45.1. The number of para-hydroxylation sites is 2. The molecule has 13 heteroatoms. The number of likely N-dealkylation sites (tertiary alicyclic amines) is 1. The Kier molecular flexibility index (Phi) is 12.4. The van der Waals surface area contributed by atoms with Gasteiger partial charge in [-0.2, -0.15) is 4.72 Å². The molecule has 8 rings (SSSR count). The van der Waals surface area contributed by atoms with E-state index in [-0.39, 0.29) is 47.8 Å². The number of hydrogen-bond acceptors (Lipinski definition) is 8. The molecule has 0 bridgehead atoms. The van der Waals surface area contributed by atoms with Crippen LogP contribution in [0.2, 0.25) is 0 Å². The summed E-state index contributed by atoms with van der Waals surface area (Å²) >= 11 is 0. The molecular formula is C47H51N5O7S. The second kappa shape index (κ2) is 18.1. The van der Waals surface area contributed by atoms with Gasteiger partial charge in [-0.25, -0.2) is 13.2 Å². The van der Waals surface area contributed by atoms with E-state index in [0.29, 0.717) is 17.8 Å². The normalized spacial score (nSPS) is 20.9. The van der Waals surface area contributed by atoms with E-state index in [2.05, 4.69) is 26.8 Å². The predicted octanol–water partition coefficient (Wildman–Crippen LogP) is 6.79. The van der Waals surface area contributed by atoms with Crippen LogP contribution in [0, 0.1) is 12.8 Å². The molecule has 4 N–H and O–H groups in total. The van der Waals surface area contributed by atoms with Gasteiger partial charge in [0.25, 0.3) is 0 Å². The van der Waals surface area contributed by atoms with E-state index in [0.717, 1.165) is 59.2 Å². The number of aliphatic hydroxyl groups excluding tert-OH is 1. The van der Waals surface area contributed by atoms with Crippen LogP contribution in [0.3, 0.4) is 0 Å². The number of imidazole rings is 1. The average molecular weight is 830 g/mol. The van der Waals surface area contributed by atoms with Crippen LogP contribution in [0.15, 0.2) is 137 Å². The highest BCUT2D eigenvalue weighted by atomic mass is 32.2. The Morgan fingerprint density at radius 3 is 2.30 bits per heavy atom. The molecule has 1 aromatic heterocycles. The lowest BCUT2D eigenvalue weighted by molar-refractivity contribution is -0.276. The Morgan fingerprint density at radius 1 is 0.850 bits per heavy atom. The maximum absolute atomic E-state index is 14.0. The summed E-state index contributed by atoms with van der Waals surface area (Å²) in [5.74, 6) is -0.554. The Hall–Kier alpha value is -5.41. The van der Waals surface area contributed by atoms with Crippen molar-refractivity contribution in [2.45, 2.75) is 75.2 Å². The number of amides is 1. The molecule has 5 aromatic carbocycles. The van der Waals surface area contributed by atoms with E-state index in [9.17, 15) is 23.1 Å².